The summed E-state index contributed by atoms with van der Waals surface area (Å²) in [6, 6.07) is 14.7. The maximum Gasteiger partial charge on any atom is 0.277 e. The van der Waals surface area contributed by atoms with Gasteiger partial charge in [0.1, 0.15) is 0 Å². The summed E-state index contributed by atoms with van der Waals surface area (Å²) in [6.45, 7) is 3.40. The molecule has 0 spiro atoms. The average molecular weight is 382 g/mol. The molecule has 1 aromatic heterocycles. The second kappa shape index (κ2) is 8.50. The van der Waals surface area contributed by atoms with E-state index in [0.29, 0.717) is 22.4 Å². The second-order valence-corrected chi connectivity index (χ2v) is 6.77. The van der Waals surface area contributed by atoms with Gasteiger partial charge in [-0.25, -0.2) is 0 Å². The van der Waals surface area contributed by atoms with Crippen LogP contribution in [0.5, 0.6) is 0 Å². The molecule has 138 valence electrons. The van der Waals surface area contributed by atoms with Crippen LogP contribution in [-0.2, 0) is 9.59 Å². The first kappa shape index (κ1) is 18.7. The molecule has 0 bridgehead atoms. The number of hydrogen-bond donors (Lipinski definition) is 2. The molecule has 8 heteroatoms. The Kier molecular flexibility index (Phi) is 5.87. The van der Waals surface area contributed by atoms with Crippen LogP contribution in [-0.4, -0.2) is 27.8 Å². The van der Waals surface area contributed by atoms with Gasteiger partial charge in [0.05, 0.1) is 5.75 Å². The largest absolute Gasteiger partial charge is 0.411 e. The molecule has 0 fully saturated rings. The van der Waals surface area contributed by atoms with Crippen LogP contribution >= 0.6 is 11.8 Å². The van der Waals surface area contributed by atoms with E-state index >= 15 is 0 Å². The summed E-state index contributed by atoms with van der Waals surface area (Å²) in [5, 5.41) is 13.8. The van der Waals surface area contributed by atoms with Crippen LogP contribution in [0.1, 0.15) is 12.5 Å². The highest BCUT2D eigenvalue weighted by Gasteiger charge is 2.12. The van der Waals surface area contributed by atoms with E-state index < -0.39 is 0 Å². The Labute approximate surface area is 160 Å². The van der Waals surface area contributed by atoms with Crippen molar-refractivity contribution in [2.75, 3.05) is 16.4 Å². The fraction of sp³-hybridized carbons (Fsp3) is 0.158. The molecule has 2 amide bonds. The van der Waals surface area contributed by atoms with Crippen LogP contribution < -0.4 is 10.6 Å². The molecule has 3 rings (SSSR count). The van der Waals surface area contributed by atoms with E-state index in [0.717, 1.165) is 23.0 Å². The lowest BCUT2D eigenvalue weighted by Gasteiger charge is -2.04. The third-order valence-electron chi connectivity index (χ3n) is 3.46. The topological polar surface area (TPSA) is 97.1 Å². The minimum atomic E-state index is -0.159. The Balaban J connectivity index is 1.59. The van der Waals surface area contributed by atoms with Gasteiger partial charge in [0.25, 0.3) is 5.22 Å². The van der Waals surface area contributed by atoms with E-state index in [1.807, 2.05) is 31.2 Å². The number of amides is 2. The number of aromatic nitrogens is 2. The van der Waals surface area contributed by atoms with Crippen molar-refractivity contribution in [1.82, 2.24) is 10.2 Å². The Morgan fingerprint density at radius 1 is 1.04 bits per heavy atom. The highest BCUT2D eigenvalue weighted by Crippen LogP contribution is 2.25. The lowest BCUT2D eigenvalue weighted by atomic mass is 10.2. The van der Waals surface area contributed by atoms with Crippen molar-refractivity contribution in [2.24, 2.45) is 0 Å². The van der Waals surface area contributed by atoms with E-state index in [1.54, 1.807) is 24.3 Å². The van der Waals surface area contributed by atoms with E-state index in [2.05, 4.69) is 20.8 Å². The number of hydrogen-bond acceptors (Lipinski definition) is 6. The first-order chi connectivity index (χ1) is 13.0. The van der Waals surface area contributed by atoms with Gasteiger partial charge < -0.3 is 15.1 Å². The van der Waals surface area contributed by atoms with Gasteiger partial charge in [-0.15, -0.1) is 10.2 Å². The molecule has 3 aromatic rings. The first-order valence-corrected chi connectivity index (χ1v) is 9.19. The monoisotopic (exact) mass is 382 g/mol. The Hall–Kier alpha value is -3.13. The fourth-order valence-electron chi connectivity index (χ4n) is 2.37. The summed E-state index contributed by atoms with van der Waals surface area (Å²) < 4.78 is 5.60. The second-order valence-electron chi connectivity index (χ2n) is 5.84. The van der Waals surface area contributed by atoms with Crippen molar-refractivity contribution in [3.8, 4) is 11.5 Å². The van der Waals surface area contributed by atoms with Gasteiger partial charge in [0.2, 0.25) is 17.7 Å². The number of thioether (sulfide) groups is 1. The molecule has 2 aromatic carbocycles. The standard InChI is InChI=1S/C19H18N4O3S/c1-12-5-3-7-15(9-12)21-17(25)11-27-19-23-22-18(26-19)14-6-4-8-16(10-14)20-13(2)24/h3-10H,11H2,1-2H3,(H,20,24)(H,21,25). The number of aryl methyl sites for hydroxylation is 1. The first-order valence-electron chi connectivity index (χ1n) is 8.20. The quantitative estimate of drug-likeness (QED) is 0.631. The van der Waals surface area contributed by atoms with Crippen LogP contribution in [0, 0.1) is 6.92 Å². The summed E-state index contributed by atoms with van der Waals surface area (Å²) in [7, 11) is 0. The molecule has 0 unspecified atom stereocenters. The fourth-order valence-corrected chi connectivity index (χ4v) is 2.93. The average Bonchev–Trinajstić information content (AvgIpc) is 3.09. The van der Waals surface area contributed by atoms with Gasteiger partial charge in [-0.05, 0) is 42.8 Å². The molecule has 7 nitrogen and oxygen atoms in total. The molecule has 27 heavy (non-hydrogen) atoms. The van der Waals surface area contributed by atoms with Gasteiger partial charge in [-0.2, -0.15) is 0 Å². The molecular formula is C19H18N4O3S. The molecule has 0 atom stereocenters. The molecule has 0 saturated carbocycles. The summed E-state index contributed by atoms with van der Waals surface area (Å²) >= 11 is 1.16. The zero-order valence-corrected chi connectivity index (χ0v) is 15.7. The number of nitrogens with zero attached hydrogens (tertiary/aromatic N) is 2. The zero-order valence-electron chi connectivity index (χ0n) is 14.9. The van der Waals surface area contributed by atoms with Crippen LogP contribution in [0.2, 0.25) is 0 Å². The highest BCUT2D eigenvalue weighted by atomic mass is 32.2. The van der Waals surface area contributed by atoms with Crippen LogP contribution in [0.4, 0.5) is 11.4 Å². The lowest BCUT2D eigenvalue weighted by Crippen LogP contribution is -2.13. The summed E-state index contributed by atoms with van der Waals surface area (Å²) in [5.41, 5.74) is 3.15. The molecule has 0 aliphatic rings. The smallest absolute Gasteiger partial charge is 0.277 e. The third-order valence-corrected chi connectivity index (χ3v) is 4.28. The molecule has 2 N–H and O–H groups in total. The number of carbonyl (C=O) groups excluding carboxylic acids is 2. The predicted molar refractivity (Wildman–Crippen MR) is 105 cm³/mol. The van der Waals surface area contributed by atoms with Gasteiger partial charge in [-0.1, -0.05) is 30.0 Å². The minimum Gasteiger partial charge on any atom is -0.411 e. The Morgan fingerprint density at radius 2 is 1.78 bits per heavy atom. The SMILES string of the molecule is CC(=O)Nc1cccc(-c2nnc(SCC(=O)Nc3cccc(C)c3)o2)c1. The predicted octanol–water partition coefficient (Wildman–Crippen LogP) is 3.73. The number of nitrogens with one attached hydrogen (secondary N) is 2. The van der Waals surface area contributed by atoms with Crippen LogP contribution in [0.15, 0.2) is 58.2 Å². The molecule has 0 aliphatic heterocycles. The molecule has 0 saturated heterocycles. The Morgan fingerprint density at radius 3 is 2.52 bits per heavy atom. The molecule has 0 aliphatic carbocycles. The third kappa shape index (κ3) is 5.42. The summed E-state index contributed by atoms with van der Waals surface area (Å²) in [5.74, 6) is 0.164. The zero-order chi connectivity index (χ0) is 19.2. The van der Waals surface area contributed by atoms with Crippen molar-refractivity contribution in [2.45, 2.75) is 19.1 Å². The van der Waals surface area contributed by atoms with Crippen molar-refractivity contribution < 1.29 is 14.0 Å². The van der Waals surface area contributed by atoms with Gasteiger partial charge in [0, 0.05) is 23.9 Å². The van der Waals surface area contributed by atoms with Crippen molar-refractivity contribution in [1.29, 1.82) is 0 Å². The van der Waals surface area contributed by atoms with Gasteiger partial charge in [0.15, 0.2) is 0 Å². The lowest BCUT2D eigenvalue weighted by molar-refractivity contribution is -0.114. The molecular weight excluding hydrogens is 364 g/mol. The number of benzene rings is 2. The number of rotatable bonds is 6. The maximum atomic E-state index is 12.1. The normalized spacial score (nSPS) is 10.4. The van der Waals surface area contributed by atoms with Crippen molar-refractivity contribution >= 4 is 35.0 Å². The van der Waals surface area contributed by atoms with Crippen LogP contribution in [0.25, 0.3) is 11.5 Å². The van der Waals surface area contributed by atoms with E-state index in [1.165, 1.54) is 6.92 Å². The molecule has 0 radical (unpaired) electrons. The number of carbonyl (C=O) groups is 2. The minimum absolute atomic E-state index is 0.154. The van der Waals surface area contributed by atoms with Crippen molar-refractivity contribution in [3.63, 3.8) is 0 Å². The summed E-state index contributed by atoms with van der Waals surface area (Å²) in [4.78, 5) is 23.2. The van der Waals surface area contributed by atoms with Crippen molar-refractivity contribution in [3.05, 3.63) is 54.1 Å². The molecule has 1 heterocycles. The van der Waals surface area contributed by atoms with Crippen LogP contribution in [0.3, 0.4) is 0 Å². The Bertz CT molecular complexity index is 971. The highest BCUT2D eigenvalue weighted by molar-refractivity contribution is 7.99. The van der Waals surface area contributed by atoms with Gasteiger partial charge >= 0.3 is 0 Å². The number of anilines is 2. The van der Waals surface area contributed by atoms with E-state index in [4.69, 9.17) is 4.42 Å². The summed E-state index contributed by atoms with van der Waals surface area (Å²) in [6.07, 6.45) is 0. The van der Waals surface area contributed by atoms with E-state index in [-0.39, 0.29) is 17.6 Å². The van der Waals surface area contributed by atoms with Gasteiger partial charge in [-0.3, -0.25) is 9.59 Å². The maximum absolute atomic E-state index is 12.1. The van der Waals surface area contributed by atoms with E-state index in [9.17, 15) is 9.59 Å².